The molecule has 1 aliphatic heterocycles. The van der Waals surface area contributed by atoms with Crippen LogP contribution in [-0.2, 0) is 4.79 Å². The Hall–Kier alpha value is -4.53. The number of nitro benzene ring substituents is 1. The first-order valence-electron chi connectivity index (χ1n) is 10.0. The molecule has 166 valence electrons. The smallest absolute Gasteiger partial charge is 0.280 e. The van der Waals surface area contributed by atoms with Gasteiger partial charge in [-0.05, 0) is 80.4 Å². The molecular formula is C24H20N4O5. The highest BCUT2D eigenvalue weighted by Crippen LogP contribution is 2.34. The third-order valence-corrected chi connectivity index (χ3v) is 5.45. The number of rotatable bonds is 5. The largest absolute Gasteiger partial charge is 0.456 e. The van der Waals surface area contributed by atoms with Crippen LogP contribution in [0.4, 0.5) is 11.4 Å². The predicted molar refractivity (Wildman–Crippen MR) is 124 cm³/mol. The zero-order valence-electron chi connectivity index (χ0n) is 18.2. The van der Waals surface area contributed by atoms with Crippen molar-refractivity contribution in [2.24, 2.45) is 10.8 Å². The number of hydrogen-bond acceptors (Lipinski definition) is 6. The van der Waals surface area contributed by atoms with E-state index < -0.39 is 10.8 Å². The van der Waals surface area contributed by atoms with Crippen LogP contribution in [0.1, 0.15) is 34.2 Å². The molecule has 3 aromatic rings. The summed E-state index contributed by atoms with van der Waals surface area (Å²) in [6, 6.07) is 12.7. The summed E-state index contributed by atoms with van der Waals surface area (Å²) in [5.74, 6) is -0.237. The van der Waals surface area contributed by atoms with E-state index in [1.165, 1.54) is 23.2 Å². The van der Waals surface area contributed by atoms with Gasteiger partial charge in [0, 0.05) is 11.6 Å². The van der Waals surface area contributed by atoms with Crippen molar-refractivity contribution in [3.8, 4) is 11.3 Å². The van der Waals surface area contributed by atoms with Crippen LogP contribution in [0.15, 0.2) is 63.6 Å². The third kappa shape index (κ3) is 4.03. The zero-order chi connectivity index (χ0) is 23.9. The van der Waals surface area contributed by atoms with Crippen molar-refractivity contribution in [2.45, 2.75) is 20.8 Å². The van der Waals surface area contributed by atoms with Gasteiger partial charge in [-0.3, -0.25) is 19.7 Å². The topological polar surface area (TPSA) is 132 Å². The monoisotopic (exact) mass is 444 g/mol. The summed E-state index contributed by atoms with van der Waals surface area (Å²) in [5.41, 5.74) is 8.90. The molecule has 4 rings (SSSR count). The van der Waals surface area contributed by atoms with Crippen molar-refractivity contribution in [1.29, 1.82) is 0 Å². The fourth-order valence-electron chi connectivity index (χ4n) is 3.49. The fraction of sp³-hybridized carbons (Fsp3) is 0.125. The Morgan fingerprint density at radius 2 is 1.76 bits per heavy atom. The Morgan fingerprint density at radius 3 is 2.39 bits per heavy atom. The summed E-state index contributed by atoms with van der Waals surface area (Å²) >= 11 is 0. The van der Waals surface area contributed by atoms with Gasteiger partial charge < -0.3 is 10.2 Å². The molecule has 33 heavy (non-hydrogen) atoms. The van der Waals surface area contributed by atoms with Gasteiger partial charge in [-0.1, -0.05) is 0 Å². The van der Waals surface area contributed by atoms with E-state index in [0.29, 0.717) is 39.6 Å². The van der Waals surface area contributed by atoms with Gasteiger partial charge in [0.25, 0.3) is 11.6 Å². The Balaban J connectivity index is 1.65. The van der Waals surface area contributed by atoms with Crippen LogP contribution < -0.4 is 10.7 Å². The predicted octanol–water partition coefficient (Wildman–Crippen LogP) is 4.38. The number of carbonyl (C=O) groups is 2. The highest BCUT2D eigenvalue weighted by Gasteiger charge is 2.29. The summed E-state index contributed by atoms with van der Waals surface area (Å²) in [4.78, 5) is 35.3. The number of furan rings is 1. The zero-order valence-corrected chi connectivity index (χ0v) is 18.2. The van der Waals surface area contributed by atoms with Gasteiger partial charge >= 0.3 is 0 Å². The van der Waals surface area contributed by atoms with Crippen LogP contribution in [-0.4, -0.2) is 22.4 Å². The Kier molecular flexibility index (Phi) is 5.39. The molecular weight excluding hydrogens is 424 g/mol. The first kappa shape index (κ1) is 21.7. The first-order chi connectivity index (χ1) is 15.7. The highest BCUT2D eigenvalue weighted by molar-refractivity contribution is 6.32. The number of primary amides is 1. The molecule has 0 spiro atoms. The first-order valence-corrected chi connectivity index (χ1v) is 10.0. The second-order valence-electron chi connectivity index (χ2n) is 7.68. The lowest BCUT2D eigenvalue weighted by Crippen LogP contribution is -2.21. The molecule has 1 aromatic heterocycles. The van der Waals surface area contributed by atoms with E-state index >= 15 is 0 Å². The van der Waals surface area contributed by atoms with Crippen molar-refractivity contribution < 1.29 is 18.9 Å². The number of amides is 2. The van der Waals surface area contributed by atoms with E-state index in [1.54, 1.807) is 43.3 Å². The van der Waals surface area contributed by atoms with E-state index in [-0.39, 0.29) is 11.6 Å². The van der Waals surface area contributed by atoms with Gasteiger partial charge in [0.2, 0.25) is 5.91 Å². The van der Waals surface area contributed by atoms with Crippen LogP contribution in [0, 0.1) is 24.0 Å². The number of nitrogens with two attached hydrogens (primary N) is 1. The Morgan fingerprint density at radius 1 is 1.09 bits per heavy atom. The number of hydrogen-bond donors (Lipinski definition) is 1. The molecule has 0 unspecified atom stereocenters. The molecule has 1 aliphatic rings. The maximum Gasteiger partial charge on any atom is 0.280 e. The maximum absolute atomic E-state index is 13.0. The molecule has 0 bridgehead atoms. The minimum absolute atomic E-state index is 0.0491. The molecule has 0 radical (unpaired) electrons. The van der Waals surface area contributed by atoms with Crippen molar-refractivity contribution in [3.63, 3.8) is 0 Å². The van der Waals surface area contributed by atoms with Crippen LogP contribution in [0.25, 0.3) is 17.4 Å². The Labute approximate surface area is 189 Å². The summed E-state index contributed by atoms with van der Waals surface area (Å²) in [6.07, 6.45) is 1.55. The van der Waals surface area contributed by atoms with Gasteiger partial charge in [0.15, 0.2) is 0 Å². The number of nitrogens with zero attached hydrogens (tertiary/aromatic N) is 3. The third-order valence-electron chi connectivity index (χ3n) is 5.45. The van der Waals surface area contributed by atoms with Gasteiger partial charge in [-0.25, -0.2) is 0 Å². The average molecular weight is 444 g/mol. The molecule has 2 aromatic carbocycles. The second-order valence-corrected chi connectivity index (χ2v) is 7.68. The minimum Gasteiger partial charge on any atom is -0.456 e. The van der Waals surface area contributed by atoms with E-state index in [9.17, 15) is 19.7 Å². The quantitative estimate of drug-likeness (QED) is 0.354. The van der Waals surface area contributed by atoms with Crippen LogP contribution in [0.3, 0.4) is 0 Å². The highest BCUT2D eigenvalue weighted by atomic mass is 16.6. The standard InChI is InChI=1S/C24H20N4O5/c1-13-10-20(21(28(31)32)11-14(13)2)22-9-8-18(33-22)12-19-15(3)26-27(24(19)30)17-6-4-16(5-7-17)23(25)29/h4-12H,1-3H3,(H2,25,29)/b19-12+. The summed E-state index contributed by atoms with van der Waals surface area (Å²) in [6.45, 7) is 5.38. The van der Waals surface area contributed by atoms with Crippen molar-refractivity contribution in [1.82, 2.24) is 0 Å². The van der Waals surface area contributed by atoms with Crippen molar-refractivity contribution >= 4 is 35.0 Å². The number of benzene rings is 2. The molecule has 0 atom stereocenters. The lowest BCUT2D eigenvalue weighted by molar-refractivity contribution is -0.384. The Bertz CT molecular complexity index is 1370. The molecule has 0 saturated carbocycles. The molecule has 0 aliphatic carbocycles. The van der Waals surface area contributed by atoms with E-state index in [4.69, 9.17) is 10.2 Å². The van der Waals surface area contributed by atoms with Crippen molar-refractivity contribution in [2.75, 3.05) is 5.01 Å². The molecule has 2 amide bonds. The number of nitro groups is 1. The number of hydrazone groups is 1. The van der Waals surface area contributed by atoms with Gasteiger partial charge in [-0.15, -0.1) is 0 Å². The molecule has 2 N–H and O–H groups in total. The fourth-order valence-corrected chi connectivity index (χ4v) is 3.49. The summed E-state index contributed by atoms with van der Waals surface area (Å²) in [5, 5.41) is 17.0. The van der Waals surface area contributed by atoms with E-state index in [1.807, 2.05) is 13.8 Å². The minimum atomic E-state index is -0.563. The summed E-state index contributed by atoms with van der Waals surface area (Å²) < 4.78 is 5.84. The molecule has 0 fully saturated rings. The lowest BCUT2D eigenvalue weighted by Gasteiger charge is -2.11. The van der Waals surface area contributed by atoms with Gasteiger partial charge in [-0.2, -0.15) is 10.1 Å². The van der Waals surface area contributed by atoms with Crippen LogP contribution in [0.2, 0.25) is 0 Å². The molecule has 0 saturated heterocycles. The van der Waals surface area contributed by atoms with Crippen molar-refractivity contribution in [3.05, 3.63) is 86.7 Å². The number of carbonyl (C=O) groups excluding carboxylic acids is 2. The van der Waals surface area contributed by atoms with E-state index in [2.05, 4.69) is 5.10 Å². The normalized spacial score (nSPS) is 14.6. The molecule has 9 nitrogen and oxygen atoms in total. The maximum atomic E-state index is 13.0. The molecule has 2 heterocycles. The van der Waals surface area contributed by atoms with Crippen LogP contribution >= 0.6 is 0 Å². The average Bonchev–Trinajstić information content (AvgIpc) is 3.35. The lowest BCUT2D eigenvalue weighted by atomic mass is 10.0. The van der Waals surface area contributed by atoms with Crippen LogP contribution in [0.5, 0.6) is 0 Å². The van der Waals surface area contributed by atoms with Gasteiger partial charge in [0.05, 0.1) is 27.5 Å². The SMILES string of the molecule is CC1=NN(c2ccc(C(N)=O)cc2)C(=O)/C1=C/c1ccc(-c2cc(C)c(C)cc2[N+](=O)[O-])o1. The summed E-state index contributed by atoms with van der Waals surface area (Å²) in [7, 11) is 0. The van der Waals surface area contributed by atoms with E-state index in [0.717, 1.165) is 11.1 Å². The second kappa shape index (κ2) is 8.19. The number of aryl methyl sites for hydroxylation is 2. The molecule has 9 heteroatoms. The van der Waals surface area contributed by atoms with Gasteiger partial charge in [0.1, 0.15) is 11.5 Å². The number of anilines is 1.